The molecule has 1 aromatic carbocycles. The molecule has 2 rings (SSSR count). The van der Waals surface area contributed by atoms with E-state index in [2.05, 4.69) is 0 Å². The van der Waals surface area contributed by atoms with Gasteiger partial charge >= 0.3 is 11.9 Å². The largest absolute Gasteiger partial charge is 0.462 e. The summed E-state index contributed by atoms with van der Waals surface area (Å²) in [6, 6.07) is 7.63. The Hall–Kier alpha value is -2.10. The van der Waals surface area contributed by atoms with Crippen molar-refractivity contribution in [3.8, 4) is 0 Å². The van der Waals surface area contributed by atoms with Crippen molar-refractivity contribution in [1.82, 2.24) is 0 Å². The third kappa shape index (κ3) is 2.46. The van der Waals surface area contributed by atoms with Gasteiger partial charge in [-0.2, -0.15) is 0 Å². The molecule has 4 heteroatoms. The van der Waals surface area contributed by atoms with Gasteiger partial charge in [0, 0.05) is 5.57 Å². The zero-order valence-electron chi connectivity index (χ0n) is 12.1. The molecule has 0 bridgehead atoms. The van der Waals surface area contributed by atoms with Crippen molar-refractivity contribution in [2.24, 2.45) is 0 Å². The molecule has 1 aromatic rings. The molecular formula is C16H18O4. The van der Waals surface area contributed by atoms with E-state index in [9.17, 15) is 9.59 Å². The van der Waals surface area contributed by atoms with Crippen molar-refractivity contribution in [1.29, 1.82) is 0 Å². The Bertz CT molecular complexity index is 579. The average molecular weight is 274 g/mol. The van der Waals surface area contributed by atoms with Crippen LogP contribution < -0.4 is 0 Å². The highest BCUT2D eigenvalue weighted by Gasteiger charge is 2.44. The summed E-state index contributed by atoms with van der Waals surface area (Å²) in [5.74, 6) is -1.25. The number of hydrogen-bond acceptors (Lipinski definition) is 4. The maximum atomic E-state index is 12.0. The molecule has 1 heterocycles. The van der Waals surface area contributed by atoms with Crippen LogP contribution in [0.4, 0.5) is 0 Å². The molecule has 0 spiro atoms. The predicted octanol–water partition coefficient (Wildman–Crippen LogP) is 2.65. The summed E-state index contributed by atoms with van der Waals surface area (Å²) in [7, 11) is 0. The summed E-state index contributed by atoms with van der Waals surface area (Å²) in [6.45, 7) is 7.44. The topological polar surface area (TPSA) is 52.6 Å². The molecule has 0 aliphatic carbocycles. The first-order valence-corrected chi connectivity index (χ1v) is 6.59. The van der Waals surface area contributed by atoms with E-state index in [-0.39, 0.29) is 12.2 Å². The second kappa shape index (κ2) is 5.12. The Balaban J connectivity index is 2.59. The van der Waals surface area contributed by atoms with Crippen LogP contribution in [0.25, 0.3) is 5.57 Å². The van der Waals surface area contributed by atoms with Crippen LogP contribution in [0.2, 0.25) is 0 Å². The third-order valence-electron chi connectivity index (χ3n) is 3.22. The SMILES string of the molecule is CCOC(=O)C1=C(c2ccc(C)cc2)C(C)(C)OC1=O. The first kappa shape index (κ1) is 14.3. The molecule has 0 aromatic heterocycles. The van der Waals surface area contributed by atoms with Crippen LogP contribution in [0.15, 0.2) is 29.8 Å². The van der Waals surface area contributed by atoms with Crippen molar-refractivity contribution in [3.05, 3.63) is 41.0 Å². The Morgan fingerprint density at radius 3 is 2.40 bits per heavy atom. The summed E-state index contributed by atoms with van der Waals surface area (Å²) in [5.41, 5.74) is 1.65. The van der Waals surface area contributed by atoms with Gasteiger partial charge in [-0.3, -0.25) is 0 Å². The van der Waals surface area contributed by atoms with Crippen molar-refractivity contribution in [3.63, 3.8) is 0 Å². The zero-order valence-corrected chi connectivity index (χ0v) is 12.1. The van der Waals surface area contributed by atoms with Gasteiger partial charge in [0.05, 0.1) is 6.61 Å². The van der Waals surface area contributed by atoms with Gasteiger partial charge in [-0.15, -0.1) is 0 Å². The van der Waals surface area contributed by atoms with Crippen molar-refractivity contribution in [2.45, 2.75) is 33.3 Å². The number of cyclic esters (lactones) is 1. The highest BCUT2D eigenvalue weighted by molar-refractivity contribution is 6.23. The number of carbonyl (C=O) groups excluding carboxylic acids is 2. The lowest BCUT2D eigenvalue weighted by Crippen LogP contribution is -2.22. The number of benzene rings is 1. The first-order chi connectivity index (χ1) is 9.36. The first-order valence-electron chi connectivity index (χ1n) is 6.59. The molecule has 0 N–H and O–H groups in total. The maximum absolute atomic E-state index is 12.0. The van der Waals surface area contributed by atoms with E-state index >= 15 is 0 Å². The summed E-state index contributed by atoms with van der Waals surface area (Å²) < 4.78 is 10.3. The van der Waals surface area contributed by atoms with Gasteiger partial charge < -0.3 is 9.47 Å². The van der Waals surface area contributed by atoms with Gasteiger partial charge in [0.2, 0.25) is 0 Å². The van der Waals surface area contributed by atoms with E-state index in [0.717, 1.165) is 11.1 Å². The Morgan fingerprint density at radius 2 is 1.85 bits per heavy atom. The van der Waals surface area contributed by atoms with Gasteiger partial charge in [0.15, 0.2) is 5.57 Å². The molecule has 0 radical (unpaired) electrons. The van der Waals surface area contributed by atoms with E-state index in [4.69, 9.17) is 9.47 Å². The number of ether oxygens (including phenoxy) is 2. The fourth-order valence-corrected chi connectivity index (χ4v) is 2.34. The van der Waals surface area contributed by atoms with Crippen molar-refractivity contribution >= 4 is 17.5 Å². The second-order valence-electron chi connectivity index (χ2n) is 5.24. The Kier molecular flexibility index (Phi) is 3.66. The standard InChI is InChI=1S/C16H18O4/c1-5-19-14(17)12-13(16(3,4)20-15(12)18)11-8-6-10(2)7-9-11/h6-9H,5H2,1-4H3. The van der Waals surface area contributed by atoms with E-state index in [1.807, 2.05) is 31.2 Å². The summed E-state index contributed by atoms with van der Waals surface area (Å²) >= 11 is 0. The second-order valence-corrected chi connectivity index (χ2v) is 5.24. The molecule has 0 atom stereocenters. The number of carbonyl (C=O) groups is 2. The van der Waals surface area contributed by atoms with Gasteiger partial charge in [0.1, 0.15) is 5.60 Å². The van der Waals surface area contributed by atoms with E-state index in [0.29, 0.717) is 5.57 Å². The molecule has 1 aliphatic heterocycles. The quantitative estimate of drug-likeness (QED) is 0.628. The average Bonchev–Trinajstić information content (AvgIpc) is 2.60. The number of hydrogen-bond donors (Lipinski definition) is 0. The van der Waals surface area contributed by atoms with Crippen LogP contribution in [0.5, 0.6) is 0 Å². The fraction of sp³-hybridized carbons (Fsp3) is 0.375. The van der Waals surface area contributed by atoms with Crippen LogP contribution in [0, 0.1) is 6.92 Å². The van der Waals surface area contributed by atoms with E-state index < -0.39 is 17.5 Å². The van der Waals surface area contributed by atoms with Crippen LogP contribution in [-0.4, -0.2) is 24.1 Å². The minimum absolute atomic E-state index is 0.000651. The molecule has 4 nitrogen and oxygen atoms in total. The van der Waals surface area contributed by atoms with Crippen LogP contribution in [0.1, 0.15) is 31.9 Å². The van der Waals surface area contributed by atoms with Crippen molar-refractivity contribution in [2.75, 3.05) is 6.61 Å². The monoisotopic (exact) mass is 274 g/mol. The fourth-order valence-electron chi connectivity index (χ4n) is 2.34. The Labute approximate surface area is 118 Å². The van der Waals surface area contributed by atoms with Crippen LogP contribution in [-0.2, 0) is 19.1 Å². The predicted molar refractivity (Wildman–Crippen MR) is 74.9 cm³/mol. The summed E-state index contributed by atoms with van der Waals surface area (Å²) in [4.78, 5) is 24.0. The molecule has 0 saturated carbocycles. The third-order valence-corrected chi connectivity index (χ3v) is 3.22. The molecule has 106 valence electrons. The van der Waals surface area contributed by atoms with Crippen LogP contribution in [0.3, 0.4) is 0 Å². The molecule has 0 fully saturated rings. The van der Waals surface area contributed by atoms with Crippen LogP contribution >= 0.6 is 0 Å². The van der Waals surface area contributed by atoms with Gasteiger partial charge in [-0.1, -0.05) is 29.8 Å². The van der Waals surface area contributed by atoms with Gasteiger partial charge in [-0.25, -0.2) is 9.59 Å². The molecule has 0 unspecified atom stereocenters. The molecule has 1 aliphatic rings. The highest BCUT2D eigenvalue weighted by Crippen LogP contribution is 2.39. The lowest BCUT2D eigenvalue weighted by Gasteiger charge is -2.21. The summed E-state index contributed by atoms with van der Waals surface area (Å²) in [6.07, 6.45) is 0. The smallest absolute Gasteiger partial charge is 0.346 e. The summed E-state index contributed by atoms with van der Waals surface area (Å²) in [5, 5.41) is 0. The van der Waals surface area contributed by atoms with E-state index in [1.165, 1.54) is 0 Å². The van der Waals surface area contributed by atoms with Crippen molar-refractivity contribution < 1.29 is 19.1 Å². The minimum Gasteiger partial charge on any atom is -0.462 e. The number of rotatable bonds is 3. The number of esters is 2. The Morgan fingerprint density at radius 1 is 1.25 bits per heavy atom. The lowest BCUT2D eigenvalue weighted by atomic mass is 9.89. The minimum atomic E-state index is -0.839. The molecule has 20 heavy (non-hydrogen) atoms. The lowest BCUT2D eigenvalue weighted by molar-refractivity contribution is -0.148. The normalized spacial score (nSPS) is 17.1. The highest BCUT2D eigenvalue weighted by atomic mass is 16.6. The number of aryl methyl sites for hydroxylation is 1. The van der Waals surface area contributed by atoms with Gasteiger partial charge in [-0.05, 0) is 33.3 Å². The molecule has 0 amide bonds. The molecular weight excluding hydrogens is 256 g/mol. The maximum Gasteiger partial charge on any atom is 0.346 e. The van der Waals surface area contributed by atoms with E-state index in [1.54, 1.807) is 20.8 Å². The zero-order chi connectivity index (χ0) is 14.9. The van der Waals surface area contributed by atoms with Gasteiger partial charge in [0.25, 0.3) is 0 Å². The molecule has 0 saturated heterocycles.